The van der Waals surface area contributed by atoms with Crippen molar-refractivity contribution in [2.24, 2.45) is 5.92 Å². The quantitative estimate of drug-likeness (QED) is 0.825. The zero-order valence-corrected chi connectivity index (χ0v) is 12.8. The predicted octanol–water partition coefficient (Wildman–Crippen LogP) is 4.19. The molecule has 1 saturated heterocycles. The lowest BCUT2D eigenvalue weighted by molar-refractivity contribution is -0.131. The second kappa shape index (κ2) is 7.87. The maximum absolute atomic E-state index is 10.5. The van der Waals surface area contributed by atoms with Crippen molar-refractivity contribution >= 4 is 17.7 Å². The normalized spacial score (nSPS) is 19.7. The number of carboxylic acid groups (broad SMARTS) is 1. The van der Waals surface area contributed by atoms with E-state index in [9.17, 15) is 4.79 Å². The van der Waals surface area contributed by atoms with Gasteiger partial charge in [0.05, 0.1) is 0 Å². The second-order valence-corrected chi connectivity index (χ2v) is 5.84. The number of hydrogen-bond acceptors (Lipinski definition) is 2. The molecule has 1 aliphatic rings. The number of aliphatic carboxylic acids is 1. The van der Waals surface area contributed by atoms with Crippen molar-refractivity contribution in [3.63, 3.8) is 0 Å². The van der Waals surface area contributed by atoms with E-state index in [1.165, 1.54) is 43.9 Å². The van der Waals surface area contributed by atoms with Gasteiger partial charge in [0, 0.05) is 24.9 Å². The summed E-state index contributed by atoms with van der Waals surface area (Å²) in [6.07, 6.45) is 9.35. The lowest BCUT2D eigenvalue weighted by atomic mass is 9.96. The Balaban J connectivity index is 1.97. The molecular formula is C18H25NO2. The fraction of sp³-hybridized carbons (Fsp3) is 0.500. The van der Waals surface area contributed by atoms with Crippen LogP contribution in [0, 0.1) is 5.92 Å². The van der Waals surface area contributed by atoms with Crippen LogP contribution in [0.1, 0.15) is 44.6 Å². The summed E-state index contributed by atoms with van der Waals surface area (Å²) in [6.45, 7) is 4.53. The Morgan fingerprint density at radius 2 is 2.05 bits per heavy atom. The monoisotopic (exact) mass is 287 g/mol. The molecule has 1 aromatic rings. The van der Waals surface area contributed by atoms with Crippen molar-refractivity contribution < 1.29 is 9.90 Å². The molecular weight excluding hydrogens is 262 g/mol. The molecule has 21 heavy (non-hydrogen) atoms. The number of anilines is 1. The molecule has 2 rings (SSSR count). The summed E-state index contributed by atoms with van der Waals surface area (Å²) in [5, 5.41) is 8.64. The molecule has 0 spiro atoms. The molecule has 3 nitrogen and oxygen atoms in total. The molecule has 0 amide bonds. The lowest BCUT2D eigenvalue weighted by Gasteiger charge is -2.23. The Labute approximate surface area is 127 Å². The van der Waals surface area contributed by atoms with Gasteiger partial charge in [0.15, 0.2) is 0 Å². The minimum atomic E-state index is -0.909. The molecule has 0 bridgehead atoms. The van der Waals surface area contributed by atoms with Crippen LogP contribution in [0.5, 0.6) is 0 Å². The van der Waals surface area contributed by atoms with Crippen molar-refractivity contribution in [2.75, 3.05) is 18.0 Å². The first-order valence-electron chi connectivity index (χ1n) is 7.95. The fourth-order valence-electron chi connectivity index (χ4n) is 3.08. The number of carboxylic acids is 1. The summed E-state index contributed by atoms with van der Waals surface area (Å²) < 4.78 is 0. The molecule has 0 saturated carbocycles. The summed E-state index contributed by atoms with van der Waals surface area (Å²) in [6, 6.07) is 8.18. The molecule has 0 aromatic heterocycles. The molecule has 1 heterocycles. The average molecular weight is 287 g/mol. The Morgan fingerprint density at radius 3 is 2.71 bits per heavy atom. The van der Waals surface area contributed by atoms with Crippen molar-refractivity contribution in [1.29, 1.82) is 0 Å². The van der Waals surface area contributed by atoms with Crippen LogP contribution >= 0.6 is 0 Å². The minimum absolute atomic E-state index is 0.887. The van der Waals surface area contributed by atoms with Crippen LogP contribution in [0.25, 0.3) is 6.08 Å². The molecule has 0 aliphatic carbocycles. The van der Waals surface area contributed by atoms with Crippen molar-refractivity contribution in [3.8, 4) is 0 Å². The number of benzene rings is 1. The van der Waals surface area contributed by atoms with Gasteiger partial charge in [-0.25, -0.2) is 4.79 Å². The fourth-order valence-corrected chi connectivity index (χ4v) is 3.08. The van der Waals surface area contributed by atoms with Gasteiger partial charge in [-0.3, -0.25) is 0 Å². The van der Waals surface area contributed by atoms with E-state index in [4.69, 9.17) is 5.11 Å². The zero-order valence-electron chi connectivity index (χ0n) is 12.8. The Kier molecular flexibility index (Phi) is 5.85. The van der Waals surface area contributed by atoms with Crippen LogP contribution in [0.15, 0.2) is 30.3 Å². The summed E-state index contributed by atoms with van der Waals surface area (Å²) in [7, 11) is 0. The highest BCUT2D eigenvalue weighted by Crippen LogP contribution is 2.25. The van der Waals surface area contributed by atoms with Gasteiger partial charge in [0.1, 0.15) is 0 Å². The third-order valence-corrected chi connectivity index (χ3v) is 4.22. The highest BCUT2D eigenvalue weighted by molar-refractivity contribution is 5.85. The molecule has 3 heteroatoms. The molecule has 1 aliphatic heterocycles. The number of hydrogen-bond donors (Lipinski definition) is 1. The number of carbonyl (C=O) groups is 1. The van der Waals surface area contributed by atoms with E-state index in [-0.39, 0.29) is 0 Å². The molecule has 1 aromatic carbocycles. The first-order chi connectivity index (χ1) is 10.2. The topological polar surface area (TPSA) is 40.5 Å². The molecule has 1 unspecified atom stereocenters. The van der Waals surface area contributed by atoms with Crippen molar-refractivity contribution in [1.82, 2.24) is 0 Å². The highest BCUT2D eigenvalue weighted by Gasteiger charge is 2.16. The first kappa shape index (κ1) is 15.6. The van der Waals surface area contributed by atoms with Gasteiger partial charge in [0.25, 0.3) is 0 Å². The predicted molar refractivity (Wildman–Crippen MR) is 87.6 cm³/mol. The second-order valence-electron chi connectivity index (χ2n) is 5.84. The van der Waals surface area contributed by atoms with E-state index in [1.54, 1.807) is 6.08 Å². The maximum Gasteiger partial charge on any atom is 0.328 e. The van der Waals surface area contributed by atoms with Crippen molar-refractivity contribution in [3.05, 3.63) is 35.9 Å². The molecule has 0 radical (unpaired) electrons. The Hall–Kier alpha value is -1.77. The summed E-state index contributed by atoms with van der Waals surface area (Å²) in [5.74, 6) is -0.0219. The van der Waals surface area contributed by atoms with Crippen LogP contribution < -0.4 is 4.90 Å². The van der Waals surface area contributed by atoms with Gasteiger partial charge < -0.3 is 10.0 Å². The largest absolute Gasteiger partial charge is 0.478 e. The molecule has 1 N–H and O–H groups in total. The number of nitrogens with zero attached hydrogens (tertiary/aromatic N) is 1. The lowest BCUT2D eigenvalue weighted by Crippen LogP contribution is -2.24. The third kappa shape index (κ3) is 4.92. The zero-order chi connectivity index (χ0) is 15.1. The van der Waals surface area contributed by atoms with E-state index >= 15 is 0 Å². The van der Waals surface area contributed by atoms with Crippen LogP contribution in [-0.2, 0) is 4.79 Å². The first-order valence-corrected chi connectivity index (χ1v) is 7.95. The Bertz CT molecular complexity index is 478. The van der Waals surface area contributed by atoms with Gasteiger partial charge in [-0.15, -0.1) is 0 Å². The standard InChI is InChI=1S/C18H25NO2/c1-2-4-15-5-3-13-19(14-12-15)17-9-6-16(7-10-17)8-11-18(20)21/h6-11,15H,2-5,12-14H2,1H3,(H,20,21). The van der Waals surface area contributed by atoms with E-state index in [0.29, 0.717) is 0 Å². The van der Waals surface area contributed by atoms with Gasteiger partial charge in [-0.05, 0) is 49.0 Å². The minimum Gasteiger partial charge on any atom is -0.478 e. The Morgan fingerprint density at radius 1 is 1.29 bits per heavy atom. The van der Waals surface area contributed by atoms with Gasteiger partial charge in [-0.2, -0.15) is 0 Å². The van der Waals surface area contributed by atoms with Gasteiger partial charge in [-0.1, -0.05) is 31.9 Å². The molecule has 114 valence electrons. The maximum atomic E-state index is 10.5. The molecule has 1 fully saturated rings. The van der Waals surface area contributed by atoms with Crippen LogP contribution in [0.2, 0.25) is 0 Å². The summed E-state index contributed by atoms with van der Waals surface area (Å²) in [5.41, 5.74) is 2.18. The van der Waals surface area contributed by atoms with Gasteiger partial charge in [0.2, 0.25) is 0 Å². The third-order valence-electron chi connectivity index (χ3n) is 4.22. The summed E-state index contributed by atoms with van der Waals surface area (Å²) in [4.78, 5) is 13.0. The van der Waals surface area contributed by atoms with Crippen LogP contribution in [0.4, 0.5) is 5.69 Å². The van der Waals surface area contributed by atoms with E-state index < -0.39 is 5.97 Å². The SMILES string of the molecule is CCCC1CCCN(c2ccc(C=CC(=O)O)cc2)CC1. The van der Waals surface area contributed by atoms with E-state index in [0.717, 1.165) is 24.6 Å². The number of rotatable bonds is 5. The average Bonchev–Trinajstić information content (AvgIpc) is 2.72. The van der Waals surface area contributed by atoms with Crippen LogP contribution in [-0.4, -0.2) is 24.2 Å². The van der Waals surface area contributed by atoms with Crippen LogP contribution in [0.3, 0.4) is 0 Å². The van der Waals surface area contributed by atoms with Crippen molar-refractivity contribution in [2.45, 2.75) is 39.0 Å². The van der Waals surface area contributed by atoms with E-state index in [2.05, 4.69) is 24.0 Å². The smallest absolute Gasteiger partial charge is 0.328 e. The molecule has 1 atom stereocenters. The van der Waals surface area contributed by atoms with Gasteiger partial charge >= 0.3 is 5.97 Å². The van der Waals surface area contributed by atoms with E-state index in [1.807, 2.05) is 12.1 Å². The summed E-state index contributed by atoms with van der Waals surface area (Å²) >= 11 is 0. The highest BCUT2D eigenvalue weighted by atomic mass is 16.4.